The summed E-state index contributed by atoms with van der Waals surface area (Å²) in [7, 11) is 0. The molecule has 174 valence electrons. The molecule has 0 saturated heterocycles. The summed E-state index contributed by atoms with van der Waals surface area (Å²) in [5.74, 6) is -0.629. The van der Waals surface area contributed by atoms with E-state index in [1.807, 2.05) is 68.4 Å². The summed E-state index contributed by atoms with van der Waals surface area (Å²) < 4.78 is 0. The zero-order valence-electron chi connectivity index (χ0n) is 20.1. The van der Waals surface area contributed by atoms with Crippen LogP contribution in [-0.4, -0.2) is 34.8 Å². The van der Waals surface area contributed by atoms with Gasteiger partial charge in [0.15, 0.2) is 0 Å². The molecule has 6 nitrogen and oxygen atoms in total. The van der Waals surface area contributed by atoms with Crippen LogP contribution in [0.2, 0.25) is 0 Å². The average molecular weight is 455 g/mol. The van der Waals surface area contributed by atoms with E-state index >= 15 is 0 Å². The van der Waals surface area contributed by atoms with Crippen molar-refractivity contribution >= 4 is 28.8 Å². The summed E-state index contributed by atoms with van der Waals surface area (Å²) in [6.45, 7) is 10.3. The van der Waals surface area contributed by atoms with Crippen LogP contribution in [0.1, 0.15) is 36.1 Å². The van der Waals surface area contributed by atoms with E-state index in [-0.39, 0.29) is 18.4 Å². The van der Waals surface area contributed by atoms with Gasteiger partial charge in [-0.15, -0.1) is 0 Å². The number of rotatable bonds is 8. The second kappa shape index (κ2) is 9.91. The van der Waals surface area contributed by atoms with Crippen LogP contribution in [0.4, 0.5) is 11.4 Å². The van der Waals surface area contributed by atoms with Crippen LogP contribution < -0.4 is 10.2 Å². The van der Waals surface area contributed by atoms with Crippen molar-refractivity contribution in [3.8, 4) is 0 Å². The lowest BCUT2D eigenvalue weighted by atomic mass is 9.99. The number of carbonyl (C=O) groups excluding carboxylic acids is 2. The Balaban J connectivity index is 1.71. The van der Waals surface area contributed by atoms with Gasteiger partial charge >= 0.3 is 0 Å². The lowest BCUT2D eigenvalue weighted by Crippen LogP contribution is -2.32. The van der Waals surface area contributed by atoms with E-state index in [1.165, 1.54) is 4.90 Å². The highest BCUT2D eigenvalue weighted by molar-refractivity contribution is 6.36. The summed E-state index contributed by atoms with van der Waals surface area (Å²) in [6.07, 6.45) is 3.32. The number of hydrogen-bond acceptors (Lipinski definition) is 5. The van der Waals surface area contributed by atoms with Gasteiger partial charge in [-0.2, -0.15) is 0 Å². The molecule has 0 saturated carbocycles. The molecule has 1 aliphatic heterocycles. The Kier molecular flexibility index (Phi) is 6.77. The minimum atomic E-state index is -0.331. The van der Waals surface area contributed by atoms with Gasteiger partial charge in [0.25, 0.3) is 11.8 Å². The van der Waals surface area contributed by atoms with Gasteiger partial charge < -0.3 is 10.2 Å². The number of nitrogens with one attached hydrogen (secondary N) is 1. The smallest absolute Gasteiger partial charge is 0.278 e. The van der Waals surface area contributed by atoms with Crippen molar-refractivity contribution in [2.75, 3.05) is 23.3 Å². The summed E-state index contributed by atoms with van der Waals surface area (Å²) in [5, 5.41) is 3.26. The number of pyridine rings is 1. The molecular weight excluding hydrogens is 424 g/mol. The van der Waals surface area contributed by atoms with Crippen molar-refractivity contribution in [3.05, 3.63) is 94.9 Å². The largest absolute Gasteiger partial charge is 0.372 e. The lowest BCUT2D eigenvalue weighted by Gasteiger charge is -2.21. The highest BCUT2D eigenvalue weighted by atomic mass is 16.2. The number of amides is 2. The third kappa shape index (κ3) is 4.57. The van der Waals surface area contributed by atoms with Crippen molar-refractivity contribution in [2.45, 2.75) is 34.2 Å². The molecule has 0 unspecified atom stereocenters. The molecule has 1 aromatic heterocycles. The molecule has 0 radical (unpaired) electrons. The predicted octanol–water partition coefficient (Wildman–Crippen LogP) is 4.94. The molecule has 2 heterocycles. The maximum Gasteiger partial charge on any atom is 0.278 e. The molecule has 1 N–H and O–H groups in total. The van der Waals surface area contributed by atoms with Crippen molar-refractivity contribution < 1.29 is 9.59 Å². The first-order chi connectivity index (χ1) is 16.4. The fourth-order valence-electron chi connectivity index (χ4n) is 4.16. The monoisotopic (exact) mass is 454 g/mol. The normalized spacial score (nSPS) is 13.6. The van der Waals surface area contributed by atoms with E-state index in [0.29, 0.717) is 11.3 Å². The third-order valence-electron chi connectivity index (χ3n) is 6.32. The first-order valence-electron chi connectivity index (χ1n) is 11.6. The van der Waals surface area contributed by atoms with Crippen LogP contribution in [0, 0.1) is 13.8 Å². The van der Waals surface area contributed by atoms with Crippen molar-refractivity contribution in [2.24, 2.45) is 0 Å². The minimum absolute atomic E-state index is 0.195. The zero-order chi connectivity index (χ0) is 24.2. The van der Waals surface area contributed by atoms with E-state index in [9.17, 15) is 9.59 Å². The Morgan fingerprint density at radius 2 is 1.53 bits per heavy atom. The maximum atomic E-state index is 13.5. The van der Waals surface area contributed by atoms with E-state index < -0.39 is 0 Å². The Morgan fingerprint density at radius 1 is 0.853 bits per heavy atom. The molecule has 2 amide bonds. The van der Waals surface area contributed by atoms with Crippen molar-refractivity contribution in [1.82, 2.24) is 9.88 Å². The van der Waals surface area contributed by atoms with Gasteiger partial charge in [-0.1, -0.05) is 18.2 Å². The Hall–Kier alpha value is -3.93. The van der Waals surface area contributed by atoms with E-state index in [2.05, 4.69) is 29.0 Å². The van der Waals surface area contributed by atoms with Crippen molar-refractivity contribution in [3.63, 3.8) is 0 Å². The first-order valence-corrected chi connectivity index (χ1v) is 11.6. The summed E-state index contributed by atoms with van der Waals surface area (Å²) in [6, 6.07) is 17.4. The van der Waals surface area contributed by atoms with Gasteiger partial charge in [-0.25, -0.2) is 0 Å². The van der Waals surface area contributed by atoms with E-state index in [0.717, 1.165) is 46.7 Å². The SMILES string of the molecule is CCN(CC)c1ccc(NC2=C(c3ccc(C)c(C)c3)C(=O)N(Cc3ccncc3)C2=O)cc1. The molecular formula is C28H30N4O2. The fourth-order valence-corrected chi connectivity index (χ4v) is 4.16. The van der Waals surface area contributed by atoms with Crippen LogP contribution >= 0.6 is 0 Å². The Morgan fingerprint density at radius 3 is 2.15 bits per heavy atom. The fraction of sp³-hybridized carbons (Fsp3) is 0.250. The topological polar surface area (TPSA) is 65.5 Å². The number of anilines is 2. The standard InChI is InChI=1S/C28H30N4O2/c1-5-31(6-2)24-11-9-23(10-12-24)30-26-25(22-8-7-19(3)20(4)17-22)27(33)32(28(26)34)18-21-13-15-29-16-14-21/h7-17,30H,5-6,18H2,1-4H3. The number of aryl methyl sites for hydroxylation is 2. The van der Waals surface area contributed by atoms with E-state index in [1.54, 1.807) is 12.4 Å². The van der Waals surface area contributed by atoms with Gasteiger partial charge in [-0.3, -0.25) is 19.5 Å². The predicted molar refractivity (Wildman–Crippen MR) is 136 cm³/mol. The molecule has 1 aliphatic rings. The third-order valence-corrected chi connectivity index (χ3v) is 6.32. The maximum absolute atomic E-state index is 13.5. The molecule has 2 aromatic carbocycles. The number of aromatic nitrogens is 1. The molecule has 0 spiro atoms. The molecule has 34 heavy (non-hydrogen) atoms. The number of nitrogens with zero attached hydrogens (tertiary/aromatic N) is 3. The van der Waals surface area contributed by atoms with Crippen LogP contribution in [0.25, 0.3) is 5.57 Å². The molecule has 0 bridgehead atoms. The summed E-state index contributed by atoms with van der Waals surface area (Å²) in [5.41, 5.74) is 6.37. The molecule has 0 fully saturated rings. The van der Waals surface area contributed by atoms with Gasteiger partial charge in [0.2, 0.25) is 0 Å². The number of imide groups is 1. The average Bonchev–Trinajstić information content (AvgIpc) is 3.07. The second-order valence-electron chi connectivity index (χ2n) is 8.45. The molecule has 0 atom stereocenters. The zero-order valence-corrected chi connectivity index (χ0v) is 20.1. The number of carbonyl (C=O) groups is 2. The Labute approximate surface area is 200 Å². The minimum Gasteiger partial charge on any atom is -0.372 e. The van der Waals surface area contributed by atoms with Gasteiger partial charge in [-0.05, 0) is 86.3 Å². The summed E-state index contributed by atoms with van der Waals surface area (Å²) in [4.78, 5) is 34.6. The summed E-state index contributed by atoms with van der Waals surface area (Å²) >= 11 is 0. The van der Waals surface area contributed by atoms with Gasteiger partial charge in [0.1, 0.15) is 5.70 Å². The van der Waals surface area contributed by atoms with E-state index in [4.69, 9.17) is 0 Å². The Bertz CT molecular complexity index is 1230. The van der Waals surface area contributed by atoms with Crippen molar-refractivity contribution in [1.29, 1.82) is 0 Å². The second-order valence-corrected chi connectivity index (χ2v) is 8.45. The molecule has 0 aliphatic carbocycles. The molecule has 6 heteroatoms. The van der Waals surface area contributed by atoms with Gasteiger partial charge in [0.05, 0.1) is 12.1 Å². The first kappa shape index (κ1) is 23.2. The quantitative estimate of drug-likeness (QED) is 0.489. The van der Waals surface area contributed by atoms with Crippen LogP contribution in [-0.2, 0) is 16.1 Å². The molecule has 4 rings (SSSR count). The highest BCUT2D eigenvalue weighted by Crippen LogP contribution is 2.32. The highest BCUT2D eigenvalue weighted by Gasteiger charge is 2.39. The lowest BCUT2D eigenvalue weighted by molar-refractivity contribution is -0.137. The molecule has 3 aromatic rings. The van der Waals surface area contributed by atoms with Crippen LogP contribution in [0.15, 0.2) is 72.7 Å². The van der Waals surface area contributed by atoms with Gasteiger partial charge in [0, 0.05) is 36.9 Å². The number of hydrogen-bond donors (Lipinski definition) is 1. The van der Waals surface area contributed by atoms with Crippen LogP contribution in [0.5, 0.6) is 0 Å². The number of benzene rings is 2. The van der Waals surface area contributed by atoms with Crippen LogP contribution in [0.3, 0.4) is 0 Å².